The zero-order valence-electron chi connectivity index (χ0n) is 21.7. The molecular formula is C26H34FN7O3. The first-order valence-corrected chi connectivity index (χ1v) is 12.9. The summed E-state index contributed by atoms with van der Waals surface area (Å²) in [5.41, 5.74) is 0.909. The van der Waals surface area contributed by atoms with Gasteiger partial charge >= 0.3 is 6.01 Å². The van der Waals surface area contributed by atoms with Gasteiger partial charge < -0.3 is 20.1 Å². The lowest BCUT2D eigenvalue weighted by Crippen LogP contribution is -2.47. The molecule has 10 nitrogen and oxygen atoms in total. The average molecular weight is 512 g/mol. The van der Waals surface area contributed by atoms with Gasteiger partial charge in [-0.2, -0.15) is 15.0 Å². The summed E-state index contributed by atoms with van der Waals surface area (Å²) in [4.78, 5) is 37.3. The molecule has 0 aromatic carbocycles. The van der Waals surface area contributed by atoms with Gasteiger partial charge in [0.1, 0.15) is 5.67 Å². The number of anilines is 1. The summed E-state index contributed by atoms with van der Waals surface area (Å²) < 4.78 is 19.7. The van der Waals surface area contributed by atoms with Crippen LogP contribution in [0.5, 0.6) is 6.01 Å². The average Bonchev–Trinajstić information content (AvgIpc) is 3.27. The van der Waals surface area contributed by atoms with E-state index >= 15 is 0 Å². The predicted molar refractivity (Wildman–Crippen MR) is 136 cm³/mol. The van der Waals surface area contributed by atoms with Crippen molar-refractivity contribution in [1.29, 1.82) is 0 Å². The number of aliphatic hydroxyl groups is 1. The highest BCUT2D eigenvalue weighted by atomic mass is 19.1. The van der Waals surface area contributed by atoms with Crippen LogP contribution in [0.25, 0.3) is 0 Å². The third-order valence-electron chi connectivity index (χ3n) is 7.69. The SMILES string of the molecule is C[C@@H](NC(=O)c1nc(OC[C@H]2CC2(C)F)nc(N2CCC(C3=NCc4ncccc43)CC2)n1)C(C)(C)O. The third-order valence-corrected chi connectivity index (χ3v) is 7.69. The molecule has 37 heavy (non-hydrogen) atoms. The second kappa shape index (κ2) is 9.59. The fraction of sp³-hybridized carbons (Fsp3) is 0.615. The van der Waals surface area contributed by atoms with Crippen LogP contribution in [0.15, 0.2) is 23.3 Å². The number of alkyl halides is 1. The number of aliphatic imine (C=N–C) groups is 1. The van der Waals surface area contributed by atoms with E-state index in [1.807, 2.05) is 11.0 Å². The van der Waals surface area contributed by atoms with Crippen LogP contribution in [0.2, 0.25) is 0 Å². The first kappa shape index (κ1) is 25.4. The first-order chi connectivity index (χ1) is 17.5. The summed E-state index contributed by atoms with van der Waals surface area (Å²) in [6.07, 6.45) is 3.94. The number of ether oxygens (including phenoxy) is 1. The van der Waals surface area contributed by atoms with Crippen molar-refractivity contribution in [1.82, 2.24) is 25.3 Å². The van der Waals surface area contributed by atoms with E-state index in [-0.39, 0.29) is 24.4 Å². The zero-order valence-corrected chi connectivity index (χ0v) is 21.7. The maximum atomic E-state index is 14.0. The van der Waals surface area contributed by atoms with Crippen LogP contribution in [-0.4, -0.2) is 73.7 Å². The molecule has 198 valence electrons. The lowest BCUT2D eigenvalue weighted by atomic mass is 9.88. The number of carbonyl (C=O) groups is 1. The van der Waals surface area contributed by atoms with Crippen LogP contribution in [-0.2, 0) is 6.54 Å². The fourth-order valence-electron chi connectivity index (χ4n) is 4.67. The van der Waals surface area contributed by atoms with Crippen molar-refractivity contribution in [3.8, 4) is 6.01 Å². The molecule has 2 fully saturated rings. The summed E-state index contributed by atoms with van der Waals surface area (Å²) in [5.74, 6) is -0.201. The highest BCUT2D eigenvalue weighted by Crippen LogP contribution is 2.46. The lowest BCUT2D eigenvalue weighted by Gasteiger charge is -2.32. The van der Waals surface area contributed by atoms with Crippen LogP contribution in [0.4, 0.5) is 10.3 Å². The van der Waals surface area contributed by atoms with Crippen molar-refractivity contribution in [2.24, 2.45) is 16.8 Å². The largest absolute Gasteiger partial charge is 0.463 e. The highest BCUT2D eigenvalue weighted by Gasteiger charge is 2.51. The van der Waals surface area contributed by atoms with Crippen molar-refractivity contribution < 1.29 is 19.0 Å². The summed E-state index contributed by atoms with van der Waals surface area (Å²) in [6.45, 7) is 8.59. The van der Waals surface area contributed by atoms with Crippen molar-refractivity contribution in [2.45, 2.75) is 70.8 Å². The van der Waals surface area contributed by atoms with Crippen LogP contribution >= 0.6 is 0 Å². The van der Waals surface area contributed by atoms with E-state index < -0.39 is 23.2 Å². The minimum atomic E-state index is -1.24. The second-order valence-corrected chi connectivity index (χ2v) is 11.0. The second-order valence-electron chi connectivity index (χ2n) is 11.0. The number of rotatable bonds is 8. The molecule has 0 spiro atoms. The Hall–Kier alpha value is -3.21. The van der Waals surface area contributed by atoms with Crippen molar-refractivity contribution in [3.05, 3.63) is 35.4 Å². The Morgan fingerprint density at radius 1 is 1.32 bits per heavy atom. The minimum Gasteiger partial charge on any atom is -0.463 e. The Morgan fingerprint density at radius 2 is 2.05 bits per heavy atom. The topological polar surface area (TPSA) is 126 Å². The molecule has 2 aromatic heterocycles. The van der Waals surface area contributed by atoms with Gasteiger partial charge in [-0.05, 0) is 59.1 Å². The Labute approximate surface area is 215 Å². The van der Waals surface area contributed by atoms with Gasteiger partial charge in [0.2, 0.25) is 11.8 Å². The number of piperidine rings is 1. The molecule has 1 aliphatic carbocycles. The Balaban J connectivity index is 1.31. The van der Waals surface area contributed by atoms with Gasteiger partial charge in [-0.25, -0.2) is 4.39 Å². The third kappa shape index (κ3) is 5.56. The Bertz CT molecular complexity index is 1200. The summed E-state index contributed by atoms with van der Waals surface area (Å²) in [7, 11) is 0. The van der Waals surface area contributed by atoms with Crippen molar-refractivity contribution in [2.75, 3.05) is 24.6 Å². The molecule has 1 amide bonds. The minimum absolute atomic E-state index is 0.00365. The molecule has 11 heteroatoms. The van der Waals surface area contributed by atoms with Crippen LogP contribution in [0, 0.1) is 11.8 Å². The normalized spacial score (nSPS) is 24.3. The van der Waals surface area contributed by atoms with Gasteiger partial charge in [0.25, 0.3) is 5.91 Å². The molecule has 3 atom stereocenters. The number of aromatic nitrogens is 4. The smallest absolute Gasteiger partial charge is 0.321 e. The molecule has 2 aliphatic heterocycles. The van der Waals surface area contributed by atoms with Crippen LogP contribution in [0.1, 0.15) is 68.8 Å². The summed E-state index contributed by atoms with van der Waals surface area (Å²) >= 11 is 0. The van der Waals surface area contributed by atoms with E-state index in [1.54, 1.807) is 33.9 Å². The van der Waals surface area contributed by atoms with Gasteiger partial charge in [0, 0.05) is 42.4 Å². The van der Waals surface area contributed by atoms with Gasteiger partial charge in [-0.1, -0.05) is 0 Å². The molecule has 2 N–H and O–H groups in total. The number of carbonyl (C=O) groups excluding carboxylic acids is 1. The van der Waals surface area contributed by atoms with E-state index in [0.29, 0.717) is 37.9 Å². The maximum absolute atomic E-state index is 14.0. The number of hydrogen-bond donors (Lipinski definition) is 2. The fourth-order valence-corrected chi connectivity index (χ4v) is 4.67. The van der Waals surface area contributed by atoms with E-state index in [2.05, 4.69) is 31.3 Å². The standard InChI is InChI=1S/C26H34FN7O3/c1-15(25(2,3)36)30-22(35)21-31-23(33-24(32-21)37-14-17-12-26(17,4)27)34-10-7-16(8-11-34)20-18-6-5-9-28-19(18)13-29-20/h5-6,9,15-17,36H,7-8,10-14H2,1-4H3,(H,30,35)/t15-,17-,26?/m1/s1. The highest BCUT2D eigenvalue weighted by molar-refractivity contribution is 6.04. The Kier molecular flexibility index (Phi) is 6.59. The zero-order chi connectivity index (χ0) is 26.4. The summed E-state index contributed by atoms with van der Waals surface area (Å²) in [5, 5.41) is 13.0. The van der Waals surface area contributed by atoms with Crippen LogP contribution < -0.4 is 15.0 Å². The predicted octanol–water partition coefficient (Wildman–Crippen LogP) is 2.50. The van der Waals surface area contributed by atoms with Crippen molar-refractivity contribution in [3.63, 3.8) is 0 Å². The summed E-state index contributed by atoms with van der Waals surface area (Å²) in [6, 6.07) is 3.48. The molecule has 1 saturated heterocycles. The first-order valence-electron chi connectivity index (χ1n) is 12.9. The van der Waals surface area contributed by atoms with E-state index in [9.17, 15) is 14.3 Å². The van der Waals surface area contributed by atoms with Gasteiger partial charge in [-0.3, -0.25) is 14.8 Å². The molecule has 5 rings (SSSR count). The molecule has 4 heterocycles. The van der Waals surface area contributed by atoms with Gasteiger partial charge in [0.15, 0.2) is 0 Å². The molecule has 1 unspecified atom stereocenters. The number of hydrogen-bond acceptors (Lipinski definition) is 9. The number of pyridine rings is 1. The van der Waals surface area contributed by atoms with Crippen molar-refractivity contribution >= 4 is 17.6 Å². The molecule has 2 aromatic rings. The number of fused-ring (bicyclic) bond motifs is 1. The molecule has 3 aliphatic rings. The van der Waals surface area contributed by atoms with E-state index in [4.69, 9.17) is 9.73 Å². The number of nitrogens with zero attached hydrogens (tertiary/aromatic N) is 6. The maximum Gasteiger partial charge on any atom is 0.321 e. The van der Waals surface area contributed by atoms with Gasteiger partial charge in [0.05, 0.1) is 30.5 Å². The number of nitrogens with one attached hydrogen (secondary N) is 1. The molecule has 0 radical (unpaired) electrons. The van der Waals surface area contributed by atoms with Crippen LogP contribution in [0.3, 0.4) is 0 Å². The molecule has 0 bridgehead atoms. The monoisotopic (exact) mass is 511 g/mol. The van der Waals surface area contributed by atoms with E-state index in [0.717, 1.165) is 29.8 Å². The molecular weight excluding hydrogens is 477 g/mol. The number of halogens is 1. The van der Waals surface area contributed by atoms with Gasteiger partial charge in [-0.15, -0.1) is 0 Å². The van der Waals surface area contributed by atoms with E-state index in [1.165, 1.54) is 0 Å². The lowest BCUT2D eigenvalue weighted by molar-refractivity contribution is 0.0405. The number of amides is 1. The quantitative estimate of drug-likeness (QED) is 0.554. The molecule has 1 saturated carbocycles. The Morgan fingerprint density at radius 3 is 2.73 bits per heavy atom.